The number of carbonyl (C=O) groups excluding carboxylic acids is 1. The molecule has 1 aromatic rings. The number of nitrogens with one attached hydrogen (secondary N) is 1. The summed E-state index contributed by atoms with van der Waals surface area (Å²) in [5.41, 5.74) is 5.02. The Morgan fingerprint density at radius 2 is 1.88 bits per heavy atom. The van der Waals surface area contributed by atoms with E-state index in [2.05, 4.69) is 5.32 Å². The van der Waals surface area contributed by atoms with Crippen LogP contribution in [0.15, 0.2) is 24.3 Å². The minimum Gasteiger partial charge on any atom is -0.325 e. The number of halogens is 3. The summed E-state index contributed by atoms with van der Waals surface area (Å²) in [5.74, 6) is -0.410. The number of nitrogens with two attached hydrogens (primary N) is 1. The van der Waals surface area contributed by atoms with Crippen LogP contribution in [0.4, 0.5) is 18.9 Å². The first-order chi connectivity index (χ1) is 7.84. The Morgan fingerprint density at radius 1 is 1.35 bits per heavy atom. The zero-order valence-electron chi connectivity index (χ0n) is 9.21. The van der Waals surface area contributed by atoms with E-state index in [1.165, 1.54) is 12.1 Å². The third-order valence-electron chi connectivity index (χ3n) is 2.26. The van der Waals surface area contributed by atoms with Gasteiger partial charge >= 0.3 is 6.18 Å². The summed E-state index contributed by atoms with van der Waals surface area (Å²) in [7, 11) is 0. The molecule has 0 radical (unpaired) electrons. The minimum atomic E-state index is -4.37. The van der Waals surface area contributed by atoms with Crippen molar-refractivity contribution in [2.75, 3.05) is 5.32 Å². The predicted molar refractivity (Wildman–Crippen MR) is 58.3 cm³/mol. The average Bonchev–Trinajstić information content (AvgIpc) is 2.27. The lowest BCUT2D eigenvalue weighted by molar-refractivity contribution is -0.137. The Labute approximate surface area is 96.8 Å². The molecule has 6 heteroatoms. The van der Waals surface area contributed by atoms with E-state index in [-0.39, 0.29) is 0 Å². The van der Waals surface area contributed by atoms with E-state index in [9.17, 15) is 18.0 Å². The Hall–Kier alpha value is -1.56. The van der Waals surface area contributed by atoms with Gasteiger partial charge in [0.1, 0.15) is 0 Å². The number of amides is 1. The highest BCUT2D eigenvalue weighted by atomic mass is 19.4. The van der Waals surface area contributed by atoms with Gasteiger partial charge in [-0.05, 0) is 30.7 Å². The maximum atomic E-state index is 12.3. The van der Waals surface area contributed by atoms with Gasteiger partial charge in [-0.3, -0.25) is 4.79 Å². The van der Waals surface area contributed by atoms with Gasteiger partial charge in [0, 0.05) is 5.69 Å². The number of carbonyl (C=O) groups is 1. The number of hydrogen-bond donors (Lipinski definition) is 2. The topological polar surface area (TPSA) is 55.1 Å². The number of benzene rings is 1. The van der Waals surface area contributed by atoms with Crippen LogP contribution < -0.4 is 11.1 Å². The molecule has 0 heterocycles. The molecular weight excluding hydrogens is 233 g/mol. The lowest BCUT2D eigenvalue weighted by atomic mass is 10.2. The van der Waals surface area contributed by atoms with Crippen molar-refractivity contribution in [3.05, 3.63) is 29.8 Å². The van der Waals surface area contributed by atoms with E-state index >= 15 is 0 Å². The second-order valence-corrected chi connectivity index (χ2v) is 3.58. The van der Waals surface area contributed by atoms with Crippen LogP contribution in [-0.2, 0) is 11.0 Å². The van der Waals surface area contributed by atoms with Crippen LogP contribution >= 0.6 is 0 Å². The fraction of sp³-hybridized carbons (Fsp3) is 0.364. The van der Waals surface area contributed by atoms with Gasteiger partial charge in [-0.2, -0.15) is 13.2 Å². The number of anilines is 1. The maximum absolute atomic E-state index is 12.3. The molecule has 0 aliphatic heterocycles. The van der Waals surface area contributed by atoms with E-state index < -0.39 is 23.7 Å². The molecule has 1 aromatic carbocycles. The van der Waals surface area contributed by atoms with Crippen molar-refractivity contribution < 1.29 is 18.0 Å². The van der Waals surface area contributed by atoms with Gasteiger partial charge in [0.2, 0.25) is 5.91 Å². The Morgan fingerprint density at radius 3 is 2.29 bits per heavy atom. The van der Waals surface area contributed by atoms with E-state index in [0.717, 1.165) is 12.1 Å². The third kappa shape index (κ3) is 3.74. The molecule has 0 spiro atoms. The number of hydrogen-bond acceptors (Lipinski definition) is 2. The summed E-state index contributed by atoms with van der Waals surface area (Å²) in [6.45, 7) is 1.75. The quantitative estimate of drug-likeness (QED) is 0.860. The number of rotatable bonds is 3. The largest absolute Gasteiger partial charge is 0.416 e. The highest BCUT2D eigenvalue weighted by Gasteiger charge is 2.30. The molecule has 0 unspecified atom stereocenters. The standard InChI is InChI=1S/C11H13F3N2O/c1-2-9(15)10(17)16-8-5-3-7(4-6-8)11(12,13)14/h3-6,9H,2,15H2,1H3,(H,16,17)/t9-/m1/s1. The van der Waals surface area contributed by atoms with Crippen LogP contribution in [0, 0.1) is 0 Å². The van der Waals surface area contributed by atoms with Crippen molar-refractivity contribution in [1.29, 1.82) is 0 Å². The molecule has 3 nitrogen and oxygen atoms in total. The molecule has 1 atom stereocenters. The molecule has 0 aliphatic carbocycles. The van der Waals surface area contributed by atoms with Crippen LogP contribution in [0.2, 0.25) is 0 Å². The van der Waals surface area contributed by atoms with E-state index in [1.54, 1.807) is 6.92 Å². The molecule has 0 saturated heterocycles. The Kier molecular flexibility index (Phi) is 4.11. The second kappa shape index (κ2) is 5.18. The molecule has 0 saturated carbocycles. The summed E-state index contributed by atoms with van der Waals surface area (Å²) in [5, 5.41) is 2.44. The van der Waals surface area contributed by atoms with Crippen LogP contribution in [0.5, 0.6) is 0 Å². The average molecular weight is 246 g/mol. The molecule has 0 aliphatic rings. The van der Waals surface area contributed by atoms with Crippen molar-refractivity contribution in [2.45, 2.75) is 25.6 Å². The fourth-order valence-corrected chi connectivity index (χ4v) is 1.16. The van der Waals surface area contributed by atoms with E-state index in [1.807, 2.05) is 0 Å². The SMILES string of the molecule is CC[C@@H](N)C(=O)Nc1ccc(C(F)(F)F)cc1. The molecule has 0 bridgehead atoms. The summed E-state index contributed by atoms with van der Waals surface area (Å²) >= 11 is 0. The van der Waals surface area contributed by atoms with E-state index in [0.29, 0.717) is 12.1 Å². The molecule has 94 valence electrons. The van der Waals surface area contributed by atoms with Gasteiger partial charge in [0.15, 0.2) is 0 Å². The lowest BCUT2D eigenvalue weighted by Gasteiger charge is -2.11. The Bertz CT molecular complexity index is 387. The van der Waals surface area contributed by atoms with Crippen molar-refractivity contribution in [3.8, 4) is 0 Å². The monoisotopic (exact) mass is 246 g/mol. The smallest absolute Gasteiger partial charge is 0.325 e. The summed E-state index contributed by atoms with van der Waals surface area (Å²) in [6, 6.07) is 3.56. The molecular formula is C11H13F3N2O. The zero-order chi connectivity index (χ0) is 13.1. The van der Waals surface area contributed by atoms with Gasteiger partial charge in [-0.25, -0.2) is 0 Å². The highest BCUT2D eigenvalue weighted by molar-refractivity contribution is 5.94. The minimum absolute atomic E-state index is 0.298. The van der Waals surface area contributed by atoms with Crippen LogP contribution in [0.3, 0.4) is 0 Å². The van der Waals surface area contributed by atoms with Gasteiger partial charge < -0.3 is 11.1 Å². The second-order valence-electron chi connectivity index (χ2n) is 3.58. The summed E-state index contributed by atoms with van der Waals surface area (Å²) in [6.07, 6.45) is -3.91. The van der Waals surface area contributed by atoms with Gasteiger partial charge in [0.05, 0.1) is 11.6 Å². The van der Waals surface area contributed by atoms with Crippen LogP contribution in [0.25, 0.3) is 0 Å². The molecule has 1 amide bonds. The highest BCUT2D eigenvalue weighted by Crippen LogP contribution is 2.29. The normalized spacial score (nSPS) is 13.2. The first kappa shape index (κ1) is 13.5. The third-order valence-corrected chi connectivity index (χ3v) is 2.26. The molecule has 1 rings (SSSR count). The van der Waals surface area contributed by atoms with Crippen molar-refractivity contribution in [2.24, 2.45) is 5.73 Å². The maximum Gasteiger partial charge on any atom is 0.416 e. The zero-order valence-corrected chi connectivity index (χ0v) is 9.21. The van der Waals surface area contributed by atoms with Gasteiger partial charge in [-0.15, -0.1) is 0 Å². The first-order valence-corrected chi connectivity index (χ1v) is 5.08. The molecule has 17 heavy (non-hydrogen) atoms. The molecule has 0 fully saturated rings. The van der Waals surface area contributed by atoms with Crippen LogP contribution in [-0.4, -0.2) is 11.9 Å². The Balaban J connectivity index is 2.73. The summed E-state index contributed by atoms with van der Waals surface area (Å²) in [4.78, 5) is 11.4. The summed E-state index contributed by atoms with van der Waals surface area (Å²) < 4.78 is 36.8. The van der Waals surface area contributed by atoms with Gasteiger partial charge in [-0.1, -0.05) is 6.92 Å². The van der Waals surface area contributed by atoms with Crippen molar-refractivity contribution in [1.82, 2.24) is 0 Å². The lowest BCUT2D eigenvalue weighted by Crippen LogP contribution is -2.34. The van der Waals surface area contributed by atoms with Crippen molar-refractivity contribution in [3.63, 3.8) is 0 Å². The van der Waals surface area contributed by atoms with Crippen molar-refractivity contribution >= 4 is 11.6 Å². The van der Waals surface area contributed by atoms with Gasteiger partial charge in [0.25, 0.3) is 0 Å². The predicted octanol–water partition coefficient (Wildman–Crippen LogP) is 2.38. The van der Waals surface area contributed by atoms with E-state index in [4.69, 9.17) is 5.73 Å². The molecule has 3 N–H and O–H groups in total. The first-order valence-electron chi connectivity index (χ1n) is 5.08. The van der Waals surface area contributed by atoms with Crippen LogP contribution in [0.1, 0.15) is 18.9 Å². The fourth-order valence-electron chi connectivity index (χ4n) is 1.16. The molecule has 0 aromatic heterocycles. The number of alkyl halides is 3.